The molecule has 8 nitrogen and oxygen atoms in total. The Morgan fingerprint density at radius 3 is 3.04 bits per heavy atom. The van der Waals surface area contributed by atoms with Crippen LogP contribution >= 0.6 is 22.9 Å². The van der Waals surface area contributed by atoms with E-state index in [0.717, 1.165) is 34.5 Å². The van der Waals surface area contributed by atoms with Gasteiger partial charge in [-0.25, -0.2) is 4.79 Å². The van der Waals surface area contributed by atoms with E-state index < -0.39 is 11.9 Å². The lowest BCUT2D eigenvalue weighted by Crippen LogP contribution is -2.26. The van der Waals surface area contributed by atoms with Crippen LogP contribution in [0.25, 0.3) is 11.0 Å². The number of esters is 1. The van der Waals surface area contributed by atoms with Gasteiger partial charge >= 0.3 is 5.97 Å². The van der Waals surface area contributed by atoms with Crippen molar-refractivity contribution in [2.45, 2.75) is 26.2 Å². The molecule has 2 heterocycles. The Kier molecular flexibility index (Phi) is 5.19. The number of anilines is 1. The molecule has 0 bridgehead atoms. The first-order chi connectivity index (χ1) is 13.6. The fourth-order valence-electron chi connectivity index (χ4n) is 3.16. The van der Waals surface area contributed by atoms with Crippen molar-refractivity contribution in [1.82, 2.24) is 15.2 Å². The smallest absolute Gasteiger partial charge is 0.341 e. The molecule has 1 N–H and O–H groups in total. The lowest BCUT2D eigenvalue weighted by atomic mass is 10.1. The van der Waals surface area contributed by atoms with Gasteiger partial charge in [-0.3, -0.25) is 4.79 Å². The number of thiophene rings is 1. The zero-order chi connectivity index (χ0) is 19.7. The van der Waals surface area contributed by atoms with Crippen LogP contribution in [0.4, 0.5) is 5.00 Å². The molecule has 10 heteroatoms. The number of carbonyl (C=O) groups is 2. The van der Waals surface area contributed by atoms with E-state index >= 15 is 0 Å². The van der Waals surface area contributed by atoms with Crippen LogP contribution in [0.5, 0.6) is 0 Å². The number of rotatable bonds is 6. The quantitative estimate of drug-likeness (QED) is 0.616. The summed E-state index contributed by atoms with van der Waals surface area (Å²) in [4.78, 5) is 32.5. The van der Waals surface area contributed by atoms with E-state index in [1.165, 1.54) is 11.3 Å². The fourth-order valence-corrected chi connectivity index (χ4v) is 4.62. The van der Waals surface area contributed by atoms with Gasteiger partial charge in [0.15, 0.2) is 6.61 Å². The van der Waals surface area contributed by atoms with Gasteiger partial charge in [-0.15, -0.1) is 16.4 Å². The molecule has 0 fully saturated rings. The van der Waals surface area contributed by atoms with Crippen molar-refractivity contribution >= 4 is 50.8 Å². The minimum absolute atomic E-state index is 0.280. The highest BCUT2D eigenvalue weighted by Gasteiger charge is 2.28. The summed E-state index contributed by atoms with van der Waals surface area (Å²) < 4.78 is 5.16. The van der Waals surface area contributed by atoms with Crippen LogP contribution in [0, 0.1) is 0 Å². The van der Waals surface area contributed by atoms with E-state index in [0.29, 0.717) is 26.6 Å². The lowest BCUT2D eigenvalue weighted by molar-refractivity contribution is -0.121. The third-order valence-electron chi connectivity index (χ3n) is 4.35. The Morgan fingerprint density at radius 2 is 2.21 bits per heavy atom. The number of aryl methyl sites for hydroxylation is 1. The highest BCUT2D eigenvalue weighted by Crippen LogP contribution is 2.39. The summed E-state index contributed by atoms with van der Waals surface area (Å²) in [6.45, 7) is 1.74. The molecule has 0 aliphatic heterocycles. The third-order valence-corrected chi connectivity index (χ3v) is 5.79. The molecule has 146 valence electrons. The Labute approximate surface area is 169 Å². The van der Waals surface area contributed by atoms with E-state index in [1.807, 2.05) is 0 Å². The topological polar surface area (TPSA) is 95.3 Å². The maximum absolute atomic E-state index is 12.4. The largest absolute Gasteiger partial charge is 0.462 e. The van der Waals surface area contributed by atoms with Crippen molar-refractivity contribution in [3.8, 4) is 0 Å². The first kappa shape index (κ1) is 18.7. The second kappa shape index (κ2) is 7.76. The summed E-state index contributed by atoms with van der Waals surface area (Å²) in [6, 6.07) is 5.06. The second-order valence-electron chi connectivity index (χ2n) is 6.20. The number of ether oxygens (including phenoxy) is 1. The van der Waals surface area contributed by atoms with E-state index in [-0.39, 0.29) is 13.2 Å². The Balaban J connectivity index is 1.48. The minimum atomic E-state index is -0.407. The van der Waals surface area contributed by atoms with Gasteiger partial charge in [-0.2, -0.15) is 0 Å². The summed E-state index contributed by atoms with van der Waals surface area (Å²) in [7, 11) is 0. The van der Waals surface area contributed by atoms with Gasteiger partial charge in [0.05, 0.1) is 12.2 Å². The maximum Gasteiger partial charge on any atom is 0.341 e. The maximum atomic E-state index is 12.4. The molecule has 4 rings (SSSR count). The summed E-state index contributed by atoms with van der Waals surface area (Å²) in [5.41, 5.74) is 2.61. The van der Waals surface area contributed by atoms with Crippen molar-refractivity contribution in [1.29, 1.82) is 0 Å². The monoisotopic (exact) mass is 420 g/mol. The molecule has 0 unspecified atom stereocenters. The predicted molar refractivity (Wildman–Crippen MR) is 105 cm³/mol. The number of aromatic nitrogens is 3. The summed E-state index contributed by atoms with van der Waals surface area (Å²) in [5, 5.41) is 11.6. The first-order valence-electron chi connectivity index (χ1n) is 8.82. The minimum Gasteiger partial charge on any atom is -0.462 e. The van der Waals surface area contributed by atoms with Gasteiger partial charge in [0.2, 0.25) is 0 Å². The molecule has 1 aromatic carbocycles. The van der Waals surface area contributed by atoms with Gasteiger partial charge in [-0.1, -0.05) is 16.4 Å². The van der Waals surface area contributed by atoms with Crippen LogP contribution in [-0.2, 0) is 22.4 Å². The number of benzene rings is 1. The van der Waals surface area contributed by atoms with Crippen LogP contribution in [0.15, 0.2) is 18.2 Å². The summed E-state index contributed by atoms with van der Waals surface area (Å²) in [6.07, 6.45) is 2.73. The van der Waals surface area contributed by atoms with Gasteiger partial charge < -0.3 is 14.9 Å². The number of nitrogens with one attached hydrogen (secondary N) is 1. The van der Waals surface area contributed by atoms with Crippen LogP contribution in [0.1, 0.15) is 34.1 Å². The van der Waals surface area contributed by atoms with Gasteiger partial charge in [0.1, 0.15) is 16.0 Å². The molecule has 0 atom stereocenters. The molecule has 0 radical (unpaired) electrons. The number of hydrogen-bond acceptors (Lipinski definition) is 7. The van der Waals surface area contributed by atoms with Crippen molar-refractivity contribution in [2.75, 3.05) is 18.5 Å². The molecular formula is C18H17ClN4O4S. The molecule has 28 heavy (non-hydrogen) atoms. The second-order valence-corrected chi connectivity index (χ2v) is 7.74. The average molecular weight is 421 g/mol. The zero-order valence-corrected chi connectivity index (χ0v) is 16.6. The average Bonchev–Trinajstić information content (AvgIpc) is 3.34. The van der Waals surface area contributed by atoms with E-state index in [9.17, 15) is 9.59 Å². The van der Waals surface area contributed by atoms with Gasteiger partial charge in [-0.05, 0) is 55.2 Å². The molecule has 1 aliphatic rings. The van der Waals surface area contributed by atoms with E-state index in [1.54, 1.807) is 25.1 Å². The summed E-state index contributed by atoms with van der Waals surface area (Å²) in [5.74, 6) is -0.814. The number of fused-ring (bicyclic) bond motifs is 2. The van der Waals surface area contributed by atoms with Crippen molar-refractivity contribution in [2.24, 2.45) is 0 Å². The van der Waals surface area contributed by atoms with Crippen molar-refractivity contribution in [3.63, 3.8) is 0 Å². The van der Waals surface area contributed by atoms with Crippen LogP contribution in [0.3, 0.4) is 0 Å². The van der Waals surface area contributed by atoms with Crippen LogP contribution < -0.4 is 10.2 Å². The molecule has 1 aliphatic carbocycles. The number of amides is 1. The van der Waals surface area contributed by atoms with Gasteiger partial charge in [0.25, 0.3) is 5.91 Å². The van der Waals surface area contributed by atoms with E-state index in [2.05, 4.69) is 15.6 Å². The van der Waals surface area contributed by atoms with E-state index in [4.69, 9.17) is 21.2 Å². The number of carbonyl (C=O) groups excluding carboxylic acids is 2. The Bertz CT molecular complexity index is 1060. The standard InChI is InChI=1S/C18H17ClN4O4S/c1-2-26-18(25)16-11-4-3-5-14(11)28-17(16)20-15(24)9-27-23-13-8-10(19)6-7-12(13)21-22-23/h6-8H,2-5,9H2,1H3,(H,20,24). The molecule has 1 amide bonds. The van der Waals surface area contributed by atoms with Crippen molar-refractivity contribution in [3.05, 3.63) is 39.2 Å². The SMILES string of the molecule is CCOC(=O)c1c(NC(=O)COn2nnc3ccc(Cl)cc32)sc2c1CCC2. The Hall–Kier alpha value is -2.65. The zero-order valence-electron chi connectivity index (χ0n) is 15.0. The first-order valence-corrected chi connectivity index (χ1v) is 10.0. The molecular weight excluding hydrogens is 404 g/mol. The number of hydrogen-bond donors (Lipinski definition) is 1. The normalized spacial score (nSPS) is 12.8. The van der Waals surface area contributed by atoms with Crippen LogP contribution in [0.2, 0.25) is 5.02 Å². The number of nitrogens with zero attached hydrogens (tertiary/aromatic N) is 3. The molecule has 3 aromatic rings. The number of halogens is 1. The predicted octanol–water partition coefficient (Wildman–Crippen LogP) is 2.88. The highest BCUT2D eigenvalue weighted by atomic mass is 35.5. The Morgan fingerprint density at radius 1 is 1.36 bits per heavy atom. The van der Waals surface area contributed by atoms with Crippen molar-refractivity contribution < 1.29 is 19.2 Å². The molecule has 2 aromatic heterocycles. The fraction of sp³-hybridized carbons (Fsp3) is 0.333. The highest BCUT2D eigenvalue weighted by molar-refractivity contribution is 7.17. The van der Waals surface area contributed by atoms with Gasteiger partial charge in [0, 0.05) is 9.90 Å². The molecule has 0 spiro atoms. The van der Waals surface area contributed by atoms with Crippen LogP contribution in [-0.4, -0.2) is 40.2 Å². The molecule has 0 saturated heterocycles. The molecule has 0 saturated carbocycles. The summed E-state index contributed by atoms with van der Waals surface area (Å²) >= 11 is 7.40. The lowest BCUT2D eigenvalue weighted by Gasteiger charge is -2.09. The third kappa shape index (κ3) is 3.55.